The summed E-state index contributed by atoms with van der Waals surface area (Å²) in [6.07, 6.45) is 0. The number of hydrogen-bond donors (Lipinski definition) is 2. The van der Waals surface area contributed by atoms with Crippen molar-refractivity contribution >= 4 is 33.1 Å². The lowest BCUT2D eigenvalue weighted by atomic mass is 10.3. The van der Waals surface area contributed by atoms with Crippen LogP contribution in [0.3, 0.4) is 0 Å². The maximum absolute atomic E-state index is 8.80. The Balaban J connectivity index is 2.38. The summed E-state index contributed by atoms with van der Waals surface area (Å²) >= 11 is 4.89. The van der Waals surface area contributed by atoms with Crippen LogP contribution in [-0.2, 0) is 6.54 Å². The molecule has 0 aliphatic heterocycles. The molecule has 5 nitrogen and oxygen atoms in total. The van der Waals surface area contributed by atoms with Gasteiger partial charge >= 0.3 is 0 Å². The average molecular weight is 289 g/mol. The van der Waals surface area contributed by atoms with Crippen LogP contribution in [0.2, 0.25) is 0 Å². The predicted molar refractivity (Wildman–Crippen MR) is 62.5 cm³/mol. The molecule has 0 fully saturated rings. The first kappa shape index (κ1) is 10.6. The molecule has 0 aliphatic carbocycles. The number of nitrogens with two attached hydrogens (primary N) is 1. The molecule has 2 heterocycles. The number of anilines is 1. The number of halogens is 1. The van der Waals surface area contributed by atoms with Gasteiger partial charge in [-0.25, -0.2) is 9.67 Å². The zero-order valence-corrected chi connectivity index (χ0v) is 10.1. The van der Waals surface area contributed by atoms with Crippen LogP contribution in [0.1, 0.15) is 0 Å². The van der Waals surface area contributed by atoms with Gasteiger partial charge in [-0.05, 0) is 15.9 Å². The highest BCUT2D eigenvalue weighted by Crippen LogP contribution is 2.30. The van der Waals surface area contributed by atoms with Gasteiger partial charge in [0.25, 0.3) is 0 Å². The number of nitrogens with zero attached hydrogens (tertiary/aromatic N) is 3. The van der Waals surface area contributed by atoms with Crippen molar-refractivity contribution in [3.05, 3.63) is 15.4 Å². The highest BCUT2D eigenvalue weighted by Gasteiger charge is 2.11. The van der Waals surface area contributed by atoms with Crippen molar-refractivity contribution < 1.29 is 5.11 Å². The van der Waals surface area contributed by atoms with Crippen LogP contribution < -0.4 is 5.73 Å². The molecule has 0 unspecified atom stereocenters. The van der Waals surface area contributed by atoms with Crippen LogP contribution in [0.15, 0.2) is 15.4 Å². The number of rotatable bonds is 3. The van der Waals surface area contributed by atoms with Crippen molar-refractivity contribution in [2.75, 3.05) is 12.3 Å². The molecule has 80 valence electrons. The van der Waals surface area contributed by atoms with Crippen molar-refractivity contribution in [3.63, 3.8) is 0 Å². The van der Waals surface area contributed by atoms with E-state index in [9.17, 15) is 0 Å². The fraction of sp³-hybridized carbons (Fsp3) is 0.250. The maximum Gasteiger partial charge on any atom is 0.122 e. The first-order valence-electron chi connectivity index (χ1n) is 4.26. The number of aliphatic hydroxyl groups is 1. The summed E-state index contributed by atoms with van der Waals surface area (Å²) in [5, 5.41) is 13.0. The second kappa shape index (κ2) is 4.30. The van der Waals surface area contributed by atoms with Crippen LogP contribution in [0.4, 0.5) is 5.82 Å². The van der Waals surface area contributed by atoms with Crippen LogP contribution >= 0.6 is 27.3 Å². The summed E-state index contributed by atoms with van der Waals surface area (Å²) in [6, 6.07) is 1.75. The van der Waals surface area contributed by atoms with Crippen LogP contribution in [0, 0.1) is 0 Å². The van der Waals surface area contributed by atoms with Gasteiger partial charge in [-0.3, -0.25) is 0 Å². The summed E-state index contributed by atoms with van der Waals surface area (Å²) in [6.45, 7) is 0.414. The fourth-order valence-electron chi connectivity index (χ4n) is 1.22. The first-order chi connectivity index (χ1) is 7.22. The largest absolute Gasteiger partial charge is 0.394 e. The summed E-state index contributed by atoms with van der Waals surface area (Å²) in [5.41, 5.74) is 8.97. The molecule has 0 aliphatic rings. The number of aliphatic hydroxyl groups excluding tert-OH is 1. The highest BCUT2D eigenvalue weighted by molar-refractivity contribution is 9.11. The molecule has 0 saturated carbocycles. The van der Waals surface area contributed by atoms with E-state index in [1.807, 2.05) is 0 Å². The molecule has 0 spiro atoms. The van der Waals surface area contributed by atoms with E-state index < -0.39 is 0 Å². The van der Waals surface area contributed by atoms with Crippen LogP contribution in [0.5, 0.6) is 0 Å². The second-order valence-electron chi connectivity index (χ2n) is 2.88. The quantitative estimate of drug-likeness (QED) is 0.894. The molecule has 0 bridgehead atoms. The Morgan fingerprint density at radius 2 is 2.40 bits per heavy atom. The Morgan fingerprint density at radius 3 is 3.00 bits per heavy atom. The minimum atomic E-state index is 0.0174. The van der Waals surface area contributed by atoms with Crippen molar-refractivity contribution in [1.29, 1.82) is 0 Å². The van der Waals surface area contributed by atoms with Crippen molar-refractivity contribution in [3.8, 4) is 11.4 Å². The monoisotopic (exact) mass is 288 g/mol. The van der Waals surface area contributed by atoms with Gasteiger partial charge in [0.15, 0.2) is 0 Å². The number of aromatic nitrogens is 3. The Morgan fingerprint density at radius 1 is 1.60 bits per heavy atom. The molecule has 3 N–H and O–H groups in total. The molecule has 0 aromatic carbocycles. The second-order valence-corrected chi connectivity index (χ2v) is 5.05. The van der Waals surface area contributed by atoms with E-state index in [0.717, 1.165) is 9.48 Å². The summed E-state index contributed by atoms with van der Waals surface area (Å²) in [4.78, 5) is 4.18. The first-order valence-corrected chi connectivity index (χ1v) is 5.93. The zero-order valence-electron chi connectivity index (χ0n) is 7.72. The van der Waals surface area contributed by atoms with Gasteiger partial charge in [-0.1, -0.05) is 0 Å². The van der Waals surface area contributed by atoms with E-state index >= 15 is 0 Å². The van der Waals surface area contributed by atoms with E-state index in [1.165, 1.54) is 11.3 Å². The summed E-state index contributed by atoms with van der Waals surface area (Å²) < 4.78 is 2.48. The lowest BCUT2D eigenvalue weighted by Crippen LogP contribution is -2.07. The van der Waals surface area contributed by atoms with Gasteiger partial charge < -0.3 is 10.8 Å². The van der Waals surface area contributed by atoms with Crippen LogP contribution in [-0.4, -0.2) is 26.5 Å². The highest BCUT2D eigenvalue weighted by atomic mass is 79.9. The summed E-state index contributed by atoms with van der Waals surface area (Å²) in [7, 11) is 0. The third kappa shape index (κ3) is 2.04. The molecule has 2 aromatic heterocycles. The van der Waals surface area contributed by atoms with Crippen molar-refractivity contribution in [2.45, 2.75) is 6.54 Å². The molecule has 15 heavy (non-hydrogen) atoms. The minimum Gasteiger partial charge on any atom is -0.394 e. The zero-order chi connectivity index (χ0) is 10.8. The SMILES string of the molecule is Nc1cc(-c2ncsc2Br)nn1CCO. The molecule has 7 heteroatoms. The lowest BCUT2D eigenvalue weighted by molar-refractivity contribution is 0.270. The minimum absolute atomic E-state index is 0.0174. The molecule has 0 radical (unpaired) electrons. The normalized spacial score (nSPS) is 10.8. The van der Waals surface area contributed by atoms with E-state index in [4.69, 9.17) is 10.8 Å². The van der Waals surface area contributed by atoms with E-state index in [1.54, 1.807) is 16.3 Å². The Hall–Kier alpha value is -0.920. The van der Waals surface area contributed by atoms with Gasteiger partial charge in [0, 0.05) is 6.07 Å². The van der Waals surface area contributed by atoms with Gasteiger partial charge in [-0.15, -0.1) is 11.3 Å². The molecular weight excluding hydrogens is 280 g/mol. The third-order valence-corrected chi connectivity index (χ3v) is 3.44. The Labute approximate surface area is 98.7 Å². The number of nitrogen functional groups attached to an aromatic ring is 1. The third-order valence-electron chi connectivity index (χ3n) is 1.89. The fourth-order valence-corrected chi connectivity index (χ4v) is 2.30. The van der Waals surface area contributed by atoms with Gasteiger partial charge in [0.2, 0.25) is 0 Å². The van der Waals surface area contributed by atoms with Crippen LogP contribution in [0.25, 0.3) is 11.4 Å². The molecule has 0 atom stereocenters. The number of hydrogen-bond acceptors (Lipinski definition) is 5. The Kier molecular flexibility index (Phi) is 3.03. The summed E-state index contributed by atoms with van der Waals surface area (Å²) in [5.74, 6) is 0.527. The maximum atomic E-state index is 8.80. The molecule has 2 aromatic rings. The van der Waals surface area contributed by atoms with Crippen molar-refractivity contribution in [1.82, 2.24) is 14.8 Å². The van der Waals surface area contributed by atoms with Crippen molar-refractivity contribution in [2.24, 2.45) is 0 Å². The molecular formula is C8H9BrN4OS. The lowest BCUT2D eigenvalue weighted by Gasteiger charge is -1.98. The smallest absolute Gasteiger partial charge is 0.122 e. The van der Waals surface area contributed by atoms with Gasteiger partial charge in [0.05, 0.1) is 22.4 Å². The van der Waals surface area contributed by atoms with Gasteiger partial charge in [0.1, 0.15) is 17.2 Å². The number of thiazole rings is 1. The van der Waals surface area contributed by atoms with E-state index in [0.29, 0.717) is 18.1 Å². The molecule has 0 saturated heterocycles. The molecule has 0 amide bonds. The topological polar surface area (TPSA) is 77.0 Å². The molecule has 2 rings (SSSR count). The van der Waals surface area contributed by atoms with E-state index in [-0.39, 0.29) is 6.61 Å². The average Bonchev–Trinajstić information content (AvgIpc) is 2.75. The predicted octanol–water partition coefficient (Wildman–Crippen LogP) is 1.34. The Bertz CT molecular complexity index is 467. The standard InChI is InChI=1S/C8H9BrN4OS/c9-8-7(11-4-15-8)5-3-6(10)13(12-5)1-2-14/h3-4,14H,1-2,10H2. The van der Waals surface area contributed by atoms with Gasteiger partial charge in [-0.2, -0.15) is 5.10 Å². The van der Waals surface area contributed by atoms with E-state index in [2.05, 4.69) is 26.0 Å².